The minimum absolute atomic E-state index is 0.120. The summed E-state index contributed by atoms with van der Waals surface area (Å²) in [6.07, 6.45) is 4.13. The van der Waals surface area contributed by atoms with Crippen LogP contribution in [-0.2, 0) is 11.3 Å². The van der Waals surface area contributed by atoms with E-state index in [1.807, 2.05) is 6.92 Å². The molecule has 2 heterocycles. The predicted molar refractivity (Wildman–Crippen MR) is 117 cm³/mol. The Bertz CT molecular complexity index is 1010. The Kier molecular flexibility index (Phi) is 5.75. The number of likely N-dealkylation sites (N-methyl/N-ethyl adjacent to an activating group) is 1. The molecular formula is C22H26ClN5O3. The van der Waals surface area contributed by atoms with E-state index in [0.29, 0.717) is 22.9 Å². The Labute approximate surface area is 185 Å². The van der Waals surface area contributed by atoms with Crippen LogP contribution >= 0.6 is 11.6 Å². The molecule has 164 valence electrons. The Morgan fingerprint density at radius 2 is 1.90 bits per heavy atom. The van der Waals surface area contributed by atoms with Crippen molar-refractivity contribution >= 4 is 35.0 Å². The lowest BCUT2D eigenvalue weighted by Crippen LogP contribution is -2.64. The normalized spacial score (nSPS) is 21.1. The highest BCUT2D eigenvalue weighted by Gasteiger charge is 2.48. The summed E-state index contributed by atoms with van der Waals surface area (Å²) in [5.41, 5.74) is -0.0797. The fraction of sp³-hybridized carbons (Fsp3) is 0.455. The van der Waals surface area contributed by atoms with Crippen LogP contribution in [0.2, 0.25) is 5.02 Å². The van der Waals surface area contributed by atoms with Crippen LogP contribution in [0.25, 0.3) is 0 Å². The number of carbonyl (C=O) groups is 3. The molecule has 1 aromatic heterocycles. The predicted octanol–water partition coefficient (Wildman–Crippen LogP) is 3.08. The van der Waals surface area contributed by atoms with E-state index in [1.165, 1.54) is 10.7 Å². The molecule has 1 atom stereocenters. The van der Waals surface area contributed by atoms with Crippen molar-refractivity contribution in [3.05, 3.63) is 46.7 Å². The first-order valence-corrected chi connectivity index (χ1v) is 11.0. The van der Waals surface area contributed by atoms with Crippen LogP contribution in [0.5, 0.6) is 0 Å². The molecule has 1 saturated carbocycles. The monoisotopic (exact) mass is 443 g/mol. The van der Waals surface area contributed by atoms with E-state index in [2.05, 4.69) is 15.7 Å². The number of hydrogen-bond acceptors (Lipinski definition) is 4. The third-order valence-electron chi connectivity index (χ3n) is 6.13. The molecule has 2 aliphatic rings. The van der Waals surface area contributed by atoms with Crippen LogP contribution < -0.4 is 10.6 Å². The molecule has 4 rings (SSSR count). The van der Waals surface area contributed by atoms with E-state index in [1.54, 1.807) is 36.1 Å². The van der Waals surface area contributed by atoms with Gasteiger partial charge in [0.25, 0.3) is 11.8 Å². The molecule has 3 amide bonds. The second-order valence-corrected chi connectivity index (χ2v) is 8.75. The molecule has 0 radical (unpaired) electrons. The van der Waals surface area contributed by atoms with E-state index in [-0.39, 0.29) is 30.1 Å². The number of carbonyl (C=O) groups excluding carboxylic acids is 3. The summed E-state index contributed by atoms with van der Waals surface area (Å²) >= 11 is 5.88. The van der Waals surface area contributed by atoms with Crippen LogP contribution in [0.1, 0.15) is 60.5 Å². The number of fused-ring (bicyclic) bond motifs is 1. The van der Waals surface area contributed by atoms with Crippen molar-refractivity contribution in [2.24, 2.45) is 0 Å². The van der Waals surface area contributed by atoms with Gasteiger partial charge in [0.1, 0.15) is 11.2 Å². The van der Waals surface area contributed by atoms with Crippen LogP contribution in [0, 0.1) is 0 Å². The molecule has 1 aromatic carbocycles. The zero-order valence-electron chi connectivity index (χ0n) is 17.7. The van der Waals surface area contributed by atoms with Crippen LogP contribution in [0.3, 0.4) is 0 Å². The van der Waals surface area contributed by atoms with Gasteiger partial charge in [0.15, 0.2) is 5.69 Å². The van der Waals surface area contributed by atoms with Gasteiger partial charge in [0, 0.05) is 29.4 Å². The average Bonchev–Trinajstić information content (AvgIpc) is 3.40. The molecular weight excluding hydrogens is 418 g/mol. The van der Waals surface area contributed by atoms with Gasteiger partial charge < -0.3 is 15.5 Å². The molecule has 1 unspecified atom stereocenters. The number of benzene rings is 1. The Hall–Kier alpha value is -2.87. The van der Waals surface area contributed by atoms with E-state index in [4.69, 9.17) is 11.6 Å². The maximum atomic E-state index is 13.2. The maximum Gasteiger partial charge on any atom is 0.276 e. The second-order valence-electron chi connectivity index (χ2n) is 8.31. The van der Waals surface area contributed by atoms with Crippen molar-refractivity contribution in [1.82, 2.24) is 20.0 Å². The number of anilines is 1. The molecule has 31 heavy (non-hydrogen) atoms. The van der Waals surface area contributed by atoms with Crippen LogP contribution in [0.15, 0.2) is 30.3 Å². The molecule has 1 aliphatic heterocycles. The molecule has 9 heteroatoms. The van der Waals surface area contributed by atoms with Gasteiger partial charge in [-0.25, -0.2) is 0 Å². The third-order valence-corrected chi connectivity index (χ3v) is 6.38. The number of halogens is 1. The molecule has 0 spiro atoms. The van der Waals surface area contributed by atoms with Gasteiger partial charge in [-0.05, 0) is 51.0 Å². The number of hydrogen-bond donors (Lipinski definition) is 2. The number of aromatic nitrogens is 2. The number of nitrogens with zero attached hydrogens (tertiary/aromatic N) is 3. The highest BCUT2D eigenvalue weighted by Crippen LogP contribution is 2.29. The summed E-state index contributed by atoms with van der Waals surface area (Å²) < 4.78 is 1.47. The highest BCUT2D eigenvalue weighted by molar-refractivity contribution is 6.30. The van der Waals surface area contributed by atoms with Gasteiger partial charge in [-0.1, -0.05) is 24.4 Å². The first kappa shape index (κ1) is 21.4. The zero-order valence-corrected chi connectivity index (χ0v) is 18.4. The smallest absolute Gasteiger partial charge is 0.276 e. The van der Waals surface area contributed by atoms with Crippen molar-refractivity contribution in [2.45, 2.75) is 57.7 Å². The van der Waals surface area contributed by atoms with Crippen molar-refractivity contribution in [3.8, 4) is 0 Å². The van der Waals surface area contributed by atoms with Gasteiger partial charge in [0.2, 0.25) is 5.91 Å². The fourth-order valence-electron chi connectivity index (χ4n) is 4.39. The number of amides is 3. The Morgan fingerprint density at radius 3 is 2.55 bits per heavy atom. The summed E-state index contributed by atoms with van der Waals surface area (Å²) in [6.45, 7) is 4.18. The van der Waals surface area contributed by atoms with Gasteiger partial charge >= 0.3 is 0 Å². The molecule has 2 N–H and O–H groups in total. The average molecular weight is 444 g/mol. The fourth-order valence-corrected chi connectivity index (χ4v) is 4.51. The first-order valence-electron chi connectivity index (χ1n) is 10.6. The lowest BCUT2D eigenvalue weighted by Gasteiger charge is -2.43. The summed E-state index contributed by atoms with van der Waals surface area (Å²) in [5.74, 6) is -0.920. The maximum absolute atomic E-state index is 13.2. The minimum atomic E-state index is -1.07. The number of rotatable bonds is 5. The molecule has 1 fully saturated rings. The second kappa shape index (κ2) is 8.34. The van der Waals surface area contributed by atoms with Crippen LogP contribution in [0.4, 0.5) is 5.69 Å². The van der Waals surface area contributed by atoms with E-state index < -0.39 is 11.4 Å². The van der Waals surface area contributed by atoms with E-state index >= 15 is 0 Å². The molecule has 1 aliphatic carbocycles. The summed E-state index contributed by atoms with van der Waals surface area (Å²) in [5, 5.41) is 10.8. The Balaban J connectivity index is 1.57. The van der Waals surface area contributed by atoms with Crippen molar-refractivity contribution in [1.29, 1.82) is 0 Å². The number of nitrogens with one attached hydrogen (secondary N) is 2. The lowest BCUT2D eigenvalue weighted by atomic mass is 9.94. The molecule has 8 nitrogen and oxygen atoms in total. The molecule has 2 aromatic rings. The minimum Gasteiger partial charge on any atom is -0.351 e. The van der Waals surface area contributed by atoms with Crippen LogP contribution in [-0.4, -0.2) is 50.5 Å². The summed E-state index contributed by atoms with van der Waals surface area (Å²) in [7, 11) is 0. The van der Waals surface area contributed by atoms with Gasteiger partial charge in [-0.2, -0.15) is 5.10 Å². The van der Waals surface area contributed by atoms with Gasteiger partial charge in [-0.15, -0.1) is 0 Å². The quantitative estimate of drug-likeness (QED) is 0.742. The zero-order chi connectivity index (χ0) is 22.2. The van der Waals surface area contributed by atoms with E-state index in [9.17, 15) is 14.4 Å². The Morgan fingerprint density at radius 1 is 1.23 bits per heavy atom. The first-order chi connectivity index (χ1) is 14.8. The van der Waals surface area contributed by atoms with Gasteiger partial charge in [-0.3, -0.25) is 19.1 Å². The molecule has 0 bridgehead atoms. The van der Waals surface area contributed by atoms with Crippen molar-refractivity contribution in [2.75, 3.05) is 11.9 Å². The van der Waals surface area contributed by atoms with Crippen molar-refractivity contribution < 1.29 is 14.4 Å². The SMILES string of the molecule is CCN1C(=O)c2cc(C(=O)Nc3ccc(Cl)cc3)nn2CC1(C)C(=O)NC1CCCC1. The summed E-state index contributed by atoms with van der Waals surface area (Å²) in [6, 6.07) is 8.34. The topological polar surface area (TPSA) is 96.3 Å². The summed E-state index contributed by atoms with van der Waals surface area (Å²) in [4.78, 5) is 40.6. The van der Waals surface area contributed by atoms with Gasteiger partial charge in [0.05, 0.1) is 6.54 Å². The lowest BCUT2D eigenvalue weighted by molar-refractivity contribution is -0.133. The molecule has 0 saturated heterocycles. The largest absolute Gasteiger partial charge is 0.351 e. The van der Waals surface area contributed by atoms with Crippen molar-refractivity contribution in [3.63, 3.8) is 0 Å². The van der Waals surface area contributed by atoms with E-state index in [0.717, 1.165) is 25.7 Å². The third kappa shape index (κ3) is 4.04. The highest BCUT2D eigenvalue weighted by atomic mass is 35.5. The standard InChI is InChI=1S/C22H26ClN5O3/c1-3-27-20(30)18-12-17(19(29)24-16-10-8-14(23)9-11-16)26-28(18)13-22(27,2)21(31)25-15-6-4-5-7-15/h8-12,15H,3-7,13H2,1-2H3,(H,24,29)(H,25,31).